The van der Waals surface area contributed by atoms with Gasteiger partial charge >= 0.3 is 6.01 Å². The summed E-state index contributed by atoms with van der Waals surface area (Å²) in [4.78, 5) is 15.9. The Morgan fingerprint density at radius 1 is 1.37 bits per heavy atom. The van der Waals surface area contributed by atoms with Crippen LogP contribution in [0, 0.1) is 0 Å². The van der Waals surface area contributed by atoms with E-state index in [0.29, 0.717) is 15.8 Å². The first kappa shape index (κ1) is 13.3. The molecule has 0 aliphatic rings. The number of halogens is 1. The van der Waals surface area contributed by atoms with Crippen LogP contribution in [0.5, 0.6) is 11.8 Å². The van der Waals surface area contributed by atoms with Gasteiger partial charge in [-0.25, -0.2) is 5.10 Å². The molecule has 1 heterocycles. The number of carbonyl (C=O) groups is 1. The number of aromatic nitrogens is 3. The van der Waals surface area contributed by atoms with Gasteiger partial charge in [-0.1, -0.05) is 0 Å². The summed E-state index contributed by atoms with van der Waals surface area (Å²) >= 11 is 3.32. The summed E-state index contributed by atoms with van der Waals surface area (Å²) in [7, 11) is 3.00. The molecule has 0 aliphatic carbocycles. The Morgan fingerprint density at radius 2 is 2.16 bits per heavy atom. The predicted molar refractivity (Wildman–Crippen MR) is 71.6 cm³/mol. The van der Waals surface area contributed by atoms with E-state index in [-0.39, 0.29) is 17.9 Å². The van der Waals surface area contributed by atoms with Crippen LogP contribution in [0.2, 0.25) is 0 Å². The lowest BCUT2D eigenvalue weighted by atomic mass is 10.2. The van der Waals surface area contributed by atoms with Crippen LogP contribution in [-0.2, 0) is 0 Å². The van der Waals surface area contributed by atoms with E-state index in [0.717, 1.165) is 0 Å². The zero-order valence-electron chi connectivity index (χ0n) is 10.2. The minimum Gasteiger partial charge on any atom is -0.496 e. The number of rotatable bonds is 4. The predicted octanol–water partition coefficient (Wildman–Crippen LogP) is 1.84. The summed E-state index contributed by atoms with van der Waals surface area (Å²) in [5, 5.41) is 8.83. The quantitative estimate of drug-likeness (QED) is 0.894. The second-order valence-electron chi connectivity index (χ2n) is 3.47. The van der Waals surface area contributed by atoms with Gasteiger partial charge < -0.3 is 9.47 Å². The Kier molecular flexibility index (Phi) is 4.00. The average molecular weight is 327 g/mol. The lowest BCUT2D eigenvalue weighted by molar-refractivity contribution is 0.102. The summed E-state index contributed by atoms with van der Waals surface area (Å²) in [6.45, 7) is 0. The van der Waals surface area contributed by atoms with Gasteiger partial charge in [0.05, 0.1) is 18.7 Å². The molecule has 0 spiro atoms. The van der Waals surface area contributed by atoms with E-state index in [4.69, 9.17) is 9.47 Å². The molecule has 0 unspecified atom stereocenters. The Morgan fingerprint density at radius 3 is 2.74 bits per heavy atom. The van der Waals surface area contributed by atoms with Crippen LogP contribution < -0.4 is 14.8 Å². The largest absolute Gasteiger partial charge is 0.496 e. The van der Waals surface area contributed by atoms with Crippen LogP contribution in [0.15, 0.2) is 22.7 Å². The lowest BCUT2D eigenvalue weighted by Crippen LogP contribution is -2.13. The summed E-state index contributed by atoms with van der Waals surface area (Å²) in [6, 6.07) is 5.15. The third kappa shape index (κ3) is 3.02. The SMILES string of the molecule is COc1n[nH]c(NC(=O)c2ccc(OC)c(Br)c2)n1. The molecule has 1 amide bonds. The summed E-state index contributed by atoms with van der Waals surface area (Å²) in [5.74, 6) is 0.550. The van der Waals surface area contributed by atoms with Crippen LogP contribution in [0.3, 0.4) is 0 Å². The topological polar surface area (TPSA) is 89.1 Å². The molecule has 8 heteroatoms. The molecule has 0 radical (unpaired) electrons. The van der Waals surface area contributed by atoms with Crippen LogP contribution in [0.1, 0.15) is 10.4 Å². The van der Waals surface area contributed by atoms with Crippen molar-refractivity contribution in [1.29, 1.82) is 0 Å². The van der Waals surface area contributed by atoms with Gasteiger partial charge in [0.2, 0.25) is 5.95 Å². The zero-order chi connectivity index (χ0) is 13.8. The molecule has 100 valence electrons. The highest BCUT2D eigenvalue weighted by Crippen LogP contribution is 2.25. The smallest absolute Gasteiger partial charge is 0.336 e. The monoisotopic (exact) mass is 326 g/mol. The van der Waals surface area contributed by atoms with Gasteiger partial charge in [0.1, 0.15) is 5.75 Å². The van der Waals surface area contributed by atoms with E-state index in [9.17, 15) is 4.79 Å². The first-order valence-electron chi connectivity index (χ1n) is 5.25. The van der Waals surface area contributed by atoms with Crippen molar-refractivity contribution in [3.05, 3.63) is 28.2 Å². The fourth-order valence-corrected chi connectivity index (χ4v) is 1.92. The fourth-order valence-electron chi connectivity index (χ4n) is 1.38. The van der Waals surface area contributed by atoms with Crippen molar-refractivity contribution in [1.82, 2.24) is 15.2 Å². The third-order valence-electron chi connectivity index (χ3n) is 2.29. The number of nitrogens with one attached hydrogen (secondary N) is 2. The average Bonchev–Trinajstić information content (AvgIpc) is 2.86. The van der Waals surface area contributed by atoms with E-state index in [1.807, 2.05) is 0 Å². The molecule has 2 N–H and O–H groups in total. The second kappa shape index (κ2) is 5.70. The van der Waals surface area contributed by atoms with Crippen molar-refractivity contribution >= 4 is 27.8 Å². The molecule has 1 aromatic carbocycles. The molecule has 2 rings (SSSR count). The highest BCUT2D eigenvalue weighted by molar-refractivity contribution is 9.10. The molecule has 19 heavy (non-hydrogen) atoms. The van der Waals surface area contributed by atoms with Gasteiger partial charge in [-0.05, 0) is 34.1 Å². The number of aromatic amines is 1. The number of methoxy groups -OCH3 is 2. The van der Waals surface area contributed by atoms with E-state index in [2.05, 4.69) is 36.4 Å². The number of ether oxygens (including phenoxy) is 2. The maximum absolute atomic E-state index is 12.0. The molecule has 0 atom stereocenters. The lowest BCUT2D eigenvalue weighted by Gasteiger charge is -2.05. The van der Waals surface area contributed by atoms with E-state index in [1.54, 1.807) is 25.3 Å². The van der Waals surface area contributed by atoms with Crippen LogP contribution >= 0.6 is 15.9 Å². The second-order valence-corrected chi connectivity index (χ2v) is 4.33. The van der Waals surface area contributed by atoms with Crippen molar-refractivity contribution in [3.8, 4) is 11.8 Å². The minimum absolute atomic E-state index is 0.159. The van der Waals surface area contributed by atoms with Gasteiger partial charge in [-0.15, -0.1) is 5.10 Å². The molecule has 0 saturated heterocycles. The van der Waals surface area contributed by atoms with Crippen LogP contribution in [0.4, 0.5) is 5.95 Å². The first-order chi connectivity index (χ1) is 9.13. The number of anilines is 1. The van der Waals surface area contributed by atoms with E-state index in [1.165, 1.54) is 7.11 Å². The van der Waals surface area contributed by atoms with Crippen molar-refractivity contribution in [2.45, 2.75) is 0 Å². The molecule has 0 fully saturated rings. The van der Waals surface area contributed by atoms with Gasteiger partial charge in [0.25, 0.3) is 5.91 Å². The van der Waals surface area contributed by atoms with Gasteiger partial charge in [-0.2, -0.15) is 4.98 Å². The van der Waals surface area contributed by atoms with E-state index >= 15 is 0 Å². The normalized spacial score (nSPS) is 10.1. The highest BCUT2D eigenvalue weighted by atomic mass is 79.9. The maximum atomic E-state index is 12.0. The molecule has 7 nitrogen and oxygen atoms in total. The maximum Gasteiger partial charge on any atom is 0.336 e. The highest BCUT2D eigenvalue weighted by Gasteiger charge is 2.11. The number of hydrogen-bond acceptors (Lipinski definition) is 5. The van der Waals surface area contributed by atoms with Crippen LogP contribution in [-0.4, -0.2) is 35.3 Å². The fraction of sp³-hybridized carbons (Fsp3) is 0.182. The first-order valence-corrected chi connectivity index (χ1v) is 6.04. The Labute approximate surface area is 117 Å². The number of nitrogens with zero attached hydrogens (tertiary/aromatic N) is 2. The Hall–Kier alpha value is -2.09. The third-order valence-corrected chi connectivity index (χ3v) is 2.91. The van der Waals surface area contributed by atoms with Gasteiger partial charge in [0.15, 0.2) is 0 Å². The van der Waals surface area contributed by atoms with Crippen molar-refractivity contribution in [3.63, 3.8) is 0 Å². The van der Waals surface area contributed by atoms with Crippen molar-refractivity contribution in [2.75, 3.05) is 19.5 Å². The van der Waals surface area contributed by atoms with Gasteiger partial charge in [-0.3, -0.25) is 10.1 Å². The minimum atomic E-state index is -0.317. The number of carbonyl (C=O) groups excluding carboxylic acids is 1. The summed E-state index contributed by atoms with van der Waals surface area (Å²) < 4.78 is 10.6. The molecule has 1 aromatic heterocycles. The molecule has 0 bridgehead atoms. The molecule has 0 aliphatic heterocycles. The molecule has 2 aromatic rings. The van der Waals surface area contributed by atoms with Gasteiger partial charge in [0, 0.05) is 5.56 Å². The summed E-state index contributed by atoms with van der Waals surface area (Å²) in [6.07, 6.45) is 0. The molecule has 0 saturated carbocycles. The van der Waals surface area contributed by atoms with Crippen molar-refractivity contribution in [2.24, 2.45) is 0 Å². The zero-order valence-corrected chi connectivity index (χ0v) is 11.8. The standard InChI is InChI=1S/C11H11BrN4O3/c1-18-8-4-3-6(5-7(8)12)9(17)13-10-14-11(19-2)16-15-10/h3-5H,1-2H3,(H2,13,14,15,16,17). The number of H-pyrrole nitrogens is 1. The van der Waals surface area contributed by atoms with Crippen molar-refractivity contribution < 1.29 is 14.3 Å². The molecular weight excluding hydrogens is 316 g/mol. The Balaban J connectivity index is 2.13. The molecular formula is C11H11BrN4O3. The van der Waals surface area contributed by atoms with Crippen LogP contribution in [0.25, 0.3) is 0 Å². The number of benzene rings is 1. The van der Waals surface area contributed by atoms with E-state index < -0.39 is 0 Å². The summed E-state index contributed by atoms with van der Waals surface area (Å²) in [5.41, 5.74) is 0.461. The number of amides is 1. The Bertz CT molecular complexity index is 599. The number of hydrogen-bond donors (Lipinski definition) is 2.